The summed E-state index contributed by atoms with van der Waals surface area (Å²) in [6, 6.07) is 11.3. The van der Waals surface area contributed by atoms with E-state index in [4.69, 9.17) is 9.47 Å². The summed E-state index contributed by atoms with van der Waals surface area (Å²) in [7, 11) is 0. The number of hydrogen-bond acceptors (Lipinski definition) is 6. The molecular weight excluding hydrogens is 300 g/mol. The maximum atomic E-state index is 12.0. The highest BCUT2D eigenvalue weighted by molar-refractivity contribution is 5.85. The van der Waals surface area contributed by atoms with Crippen molar-refractivity contribution in [2.75, 3.05) is 6.61 Å². The lowest BCUT2D eigenvalue weighted by atomic mass is 10.2. The van der Waals surface area contributed by atoms with Crippen LogP contribution in [0.3, 0.4) is 0 Å². The number of aromatic hydroxyl groups is 2. The van der Waals surface area contributed by atoms with Crippen LogP contribution in [0.2, 0.25) is 0 Å². The summed E-state index contributed by atoms with van der Waals surface area (Å²) >= 11 is 0. The van der Waals surface area contributed by atoms with Crippen molar-refractivity contribution in [1.82, 2.24) is 5.43 Å². The van der Waals surface area contributed by atoms with Gasteiger partial charge < -0.3 is 19.7 Å². The van der Waals surface area contributed by atoms with Crippen molar-refractivity contribution in [3.8, 4) is 23.0 Å². The first kappa shape index (κ1) is 14.7. The first-order valence-corrected chi connectivity index (χ1v) is 6.87. The van der Waals surface area contributed by atoms with E-state index in [0.717, 1.165) is 0 Å². The lowest BCUT2D eigenvalue weighted by molar-refractivity contribution is -0.130. The Morgan fingerprint density at radius 3 is 2.74 bits per heavy atom. The third-order valence-electron chi connectivity index (χ3n) is 3.19. The summed E-state index contributed by atoms with van der Waals surface area (Å²) in [4.78, 5) is 12.0. The minimum Gasteiger partial charge on any atom is -0.504 e. The van der Waals surface area contributed by atoms with Gasteiger partial charge in [0, 0.05) is 0 Å². The molecular formula is C16H14N2O5. The van der Waals surface area contributed by atoms with E-state index in [0.29, 0.717) is 17.1 Å². The fourth-order valence-corrected chi connectivity index (χ4v) is 2.01. The molecule has 23 heavy (non-hydrogen) atoms. The molecule has 3 rings (SSSR count). The molecule has 0 saturated carbocycles. The van der Waals surface area contributed by atoms with E-state index < -0.39 is 12.0 Å². The van der Waals surface area contributed by atoms with Crippen LogP contribution >= 0.6 is 0 Å². The number of para-hydroxylation sites is 2. The predicted octanol–water partition coefficient (Wildman–Crippen LogP) is 1.39. The summed E-state index contributed by atoms with van der Waals surface area (Å²) in [6.45, 7) is 0.0956. The molecule has 118 valence electrons. The van der Waals surface area contributed by atoms with Crippen LogP contribution in [-0.4, -0.2) is 35.0 Å². The van der Waals surface area contributed by atoms with E-state index in [1.165, 1.54) is 18.3 Å². The number of hydrogen-bond donors (Lipinski definition) is 3. The Bertz CT molecular complexity index is 760. The van der Waals surface area contributed by atoms with Crippen molar-refractivity contribution < 1.29 is 24.5 Å². The molecule has 0 saturated heterocycles. The van der Waals surface area contributed by atoms with Gasteiger partial charge in [-0.25, -0.2) is 5.43 Å². The molecule has 0 aromatic heterocycles. The van der Waals surface area contributed by atoms with Crippen LogP contribution in [0.1, 0.15) is 5.56 Å². The number of ether oxygens (including phenoxy) is 2. The highest BCUT2D eigenvalue weighted by Gasteiger charge is 2.26. The van der Waals surface area contributed by atoms with Gasteiger partial charge in [0.1, 0.15) is 6.61 Å². The molecule has 0 bridgehead atoms. The highest BCUT2D eigenvalue weighted by atomic mass is 16.6. The molecule has 7 heteroatoms. The van der Waals surface area contributed by atoms with Gasteiger partial charge in [0.2, 0.25) is 6.10 Å². The Balaban J connectivity index is 1.59. The number of nitrogens with one attached hydrogen (secondary N) is 1. The molecule has 1 aliphatic rings. The SMILES string of the molecule is O=C(N/N=C/c1ccc(O)c(O)c1)C1COc2ccccc2O1. The molecule has 1 aliphatic heterocycles. The highest BCUT2D eigenvalue weighted by Crippen LogP contribution is 2.30. The zero-order valence-corrected chi connectivity index (χ0v) is 12.0. The second kappa shape index (κ2) is 6.27. The number of phenolic OH excluding ortho intramolecular Hbond substituents is 2. The van der Waals surface area contributed by atoms with Gasteiger partial charge in [-0.2, -0.15) is 5.10 Å². The summed E-state index contributed by atoms with van der Waals surface area (Å²) in [5, 5.41) is 22.4. The number of benzene rings is 2. The van der Waals surface area contributed by atoms with Crippen molar-refractivity contribution in [3.05, 3.63) is 48.0 Å². The molecule has 1 atom stereocenters. The third-order valence-corrected chi connectivity index (χ3v) is 3.19. The van der Waals surface area contributed by atoms with Gasteiger partial charge in [-0.1, -0.05) is 12.1 Å². The molecule has 1 amide bonds. The molecule has 0 aliphatic carbocycles. The van der Waals surface area contributed by atoms with E-state index in [1.807, 2.05) is 6.07 Å². The molecule has 7 nitrogen and oxygen atoms in total. The molecule has 0 fully saturated rings. The number of amides is 1. The van der Waals surface area contributed by atoms with Gasteiger partial charge in [-0.3, -0.25) is 4.79 Å². The van der Waals surface area contributed by atoms with Crippen LogP contribution in [0.5, 0.6) is 23.0 Å². The van der Waals surface area contributed by atoms with Crippen molar-refractivity contribution >= 4 is 12.1 Å². The maximum absolute atomic E-state index is 12.0. The summed E-state index contributed by atoms with van der Waals surface area (Å²) in [5.41, 5.74) is 2.87. The van der Waals surface area contributed by atoms with Crippen LogP contribution in [0.15, 0.2) is 47.6 Å². The van der Waals surface area contributed by atoms with Gasteiger partial charge in [0.15, 0.2) is 23.0 Å². The van der Waals surface area contributed by atoms with Crippen LogP contribution in [0.25, 0.3) is 0 Å². The minimum atomic E-state index is -0.796. The largest absolute Gasteiger partial charge is 0.504 e. The topological polar surface area (TPSA) is 100 Å². The van der Waals surface area contributed by atoms with Crippen LogP contribution in [0.4, 0.5) is 0 Å². The molecule has 2 aromatic rings. The van der Waals surface area contributed by atoms with Crippen LogP contribution in [0, 0.1) is 0 Å². The second-order valence-electron chi connectivity index (χ2n) is 4.85. The molecule has 0 spiro atoms. The smallest absolute Gasteiger partial charge is 0.284 e. The van der Waals surface area contributed by atoms with Gasteiger partial charge >= 0.3 is 0 Å². The zero-order chi connectivity index (χ0) is 16.2. The third kappa shape index (κ3) is 3.34. The van der Waals surface area contributed by atoms with E-state index in [1.54, 1.807) is 24.3 Å². The summed E-state index contributed by atoms with van der Waals surface area (Å²) < 4.78 is 11.0. The van der Waals surface area contributed by atoms with Crippen molar-refractivity contribution in [3.63, 3.8) is 0 Å². The number of nitrogens with zero attached hydrogens (tertiary/aromatic N) is 1. The number of phenols is 2. The van der Waals surface area contributed by atoms with E-state index in [-0.39, 0.29) is 18.1 Å². The Morgan fingerprint density at radius 1 is 1.17 bits per heavy atom. The van der Waals surface area contributed by atoms with Crippen LogP contribution < -0.4 is 14.9 Å². The number of carbonyl (C=O) groups excluding carboxylic acids is 1. The molecule has 3 N–H and O–H groups in total. The lowest BCUT2D eigenvalue weighted by Crippen LogP contribution is -2.42. The lowest BCUT2D eigenvalue weighted by Gasteiger charge is -2.24. The van der Waals surface area contributed by atoms with Gasteiger partial charge in [-0.15, -0.1) is 0 Å². The quantitative estimate of drug-likeness (QED) is 0.451. The van der Waals surface area contributed by atoms with Gasteiger partial charge in [-0.05, 0) is 35.9 Å². The molecule has 2 aromatic carbocycles. The van der Waals surface area contributed by atoms with Crippen LogP contribution in [-0.2, 0) is 4.79 Å². The monoisotopic (exact) mass is 314 g/mol. The predicted molar refractivity (Wildman–Crippen MR) is 81.9 cm³/mol. The van der Waals surface area contributed by atoms with Crippen molar-refractivity contribution in [2.45, 2.75) is 6.10 Å². The molecule has 0 radical (unpaired) electrons. The van der Waals surface area contributed by atoms with E-state index in [2.05, 4.69) is 10.5 Å². The zero-order valence-electron chi connectivity index (χ0n) is 12.0. The number of hydrazone groups is 1. The number of carbonyl (C=O) groups is 1. The Morgan fingerprint density at radius 2 is 1.96 bits per heavy atom. The first-order valence-electron chi connectivity index (χ1n) is 6.87. The van der Waals surface area contributed by atoms with E-state index >= 15 is 0 Å². The standard InChI is InChI=1S/C16H14N2O5/c19-11-6-5-10(7-12(11)20)8-17-18-16(21)15-9-22-13-3-1-2-4-14(13)23-15/h1-8,15,19-20H,9H2,(H,18,21)/b17-8+. The van der Waals surface area contributed by atoms with Gasteiger partial charge in [0.25, 0.3) is 5.91 Å². The average molecular weight is 314 g/mol. The molecule has 1 heterocycles. The molecule has 1 unspecified atom stereocenters. The Labute approximate surface area is 131 Å². The summed E-state index contributed by atoms with van der Waals surface area (Å²) in [5.74, 6) is 0.170. The normalized spacial score (nSPS) is 16.3. The summed E-state index contributed by atoms with van der Waals surface area (Å²) in [6.07, 6.45) is 0.546. The Kier molecular flexibility index (Phi) is 4.01. The van der Waals surface area contributed by atoms with Crippen molar-refractivity contribution in [2.24, 2.45) is 5.10 Å². The Hall–Kier alpha value is -3.22. The fraction of sp³-hybridized carbons (Fsp3) is 0.125. The number of rotatable bonds is 3. The van der Waals surface area contributed by atoms with E-state index in [9.17, 15) is 15.0 Å². The number of fused-ring (bicyclic) bond motifs is 1. The second-order valence-corrected chi connectivity index (χ2v) is 4.85. The first-order chi connectivity index (χ1) is 11.1. The fourth-order valence-electron chi connectivity index (χ4n) is 2.01. The van der Waals surface area contributed by atoms with Crippen molar-refractivity contribution in [1.29, 1.82) is 0 Å². The minimum absolute atomic E-state index is 0.0956. The van der Waals surface area contributed by atoms with Gasteiger partial charge in [0.05, 0.1) is 6.21 Å². The average Bonchev–Trinajstić information content (AvgIpc) is 2.57. The maximum Gasteiger partial charge on any atom is 0.284 e.